The lowest BCUT2D eigenvalue weighted by molar-refractivity contribution is -0.137. The van der Waals surface area contributed by atoms with Crippen LogP contribution < -0.4 is 0 Å². The Morgan fingerprint density at radius 3 is 2.55 bits per heavy atom. The first-order chi connectivity index (χ1) is 9.43. The molecule has 0 unspecified atom stereocenters. The van der Waals surface area contributed by atoms with Crippen LogP contribution in [0.3, 0.4) is 0 Å². The molecule has 1 heterocycles. The van der Waals surface area contributed by atoms with E-state index in [1.807, 2.05) is 0 Å². The molecule has 0 saturated heterocycles. The predicted octanol–water partition coefficient (Wildman–Crippen LogP) is 3.97. The van der Waals surface area contributed by atoms with E-state index in [1.54, 1.807) is 6.07 Å². The SMILES string of the molecule is N#CCc1cc(-c2ccccc2C(F)(F)F)cnc1F. The van der Waals surface area contributed by atoms with Gasteiger partial charge in [-0.2, -0.15) is 22.8 Å². The van der Waals surface area contributed by atoms with Crippen molar-refractivity contribution in [1.82, 2.24) is 4.98 Å². The number of aromatic nitrogens is 1. The molecule has 0 N–H and O–H groups in total. The third kappa shape index (κ3) is 2.77. The number of rotatable bonds is 2. The van der Waals surface area contributed by atoms with Gasteiger partial charge in [0.15, 0.2) is 0 Å². The second kappa shape index (κ2) is 5.29. The molecule has 0 bridgehead atoms. The van der Waals surface area contributed by atoms with Crippen molar-refractivity contribution in [3.05, 3.63) is 53.6 Å². The lowest BCUT2D eigenvalue weighted by atomic mass is 9.99. The van der Waals surface area contributed by atoms with Crippen LogP contribution in [0.1, 0.15) is 11.1 Å². The van der Waals surface area contributed by atoms with Gasteiger partial charge in [-0.1, -0.05) is 18.2 Å². The molecule has 0 aliphatic heterocycles. The highest BCUT2D eigenvalue weighted by atomic mass is 19.4. The first-order valence-electron chi connectivity index (χ1n) is 5.61. The van der Waals surface area contributed by atoms with E-state index in [1.165, 1.54) is 24.3 Å². The molecule has 102 valence electrons. The van der Waals surface area contributed by atoms with Crippen molar-refractivity contribution in [1.29, 1.82) is 5.26 Å². The number of hydrogen-bond acceptors (Lipinski definition) is 2. The Labute approximate surface area is 112 Å². The van der Waals surface area contributed by atoms with Gasteiger partial charge < -0.3 is 0 Å². The Kier molecular flexibility index (Phi) is 3.70. The molecule has 2 nitrogen and oxygen atoms in total. The molecule has 6 heteroatoms. The summed E-state index contributed by atoms with van der Waals surface area (Å²) < 4.78 is 52.1. The van der Waals surface area contributed by atoms with Crippen LogP contribution in [0.2, 0.25) is 0 Å². The second-order valence-electron chi connectivity index (χ2n) is 4.05. The summed E-state index contributed by atoms with van der Waals surface area (Å²) in [5.74, 6) is -0.847. The van der Waals surface area contributed by atoms with Crippen LogP contribution in [-0.2, 0) is 12.6 Å². The van der Waals surface area contributed by atoms with Crippen LogP contribution in [0.4, 0.5) is 17.6 Å². The fourth-order valence-electron chi connectivity index (χ4n) is 1.83. The molecule has 0 aliphatic rings. The van der Waals surface area contributed by atoms with Crippen molar-refractivity contribution in [2.75, 3.05) is 0 Å². The summed E-state index contributed by atoms with van der Waals surface area (Å²) in [6, 6.07) is 7.93. The third-order valence-electron chi connectivity index (χ3n) is 2.72. The Morgan fingerprint density at radius 2 is 1.90 bits per heavy atom. The van der Waals surface area contributed by atoms with Gasteiger partial charge in [-0.15, -0.1) is 0 Å². The Bertz CT molecular complexity index is 672. The first kappa shape index (κ1) is 14.0. The molecule has 1 aromatic carbocycles. The highest BCUT2D eigenvalue weighted by Gasteiger charge is 2.33. The zero-order chi connectivity index (χ0) is 14.8. The van der Waals surface area contributed by atoms with E-state index >= 15 is 0 Å². The van der Waals surface area contributed by atoms with Crippen molar-refractivity contribution >= 4 is 0 Å². The summed E-state index contributed by atoms with van der Waals surface area (Å²) in [5.41, 5.74) is -0.811. The topological polar surface area (TPSA) is 36.7 Å². The Balaban J connectivity index is 2.58. The van der Waals surface area contributed by atoms with Gasteiger partial charge >= 0.3 is 6.18 Å². The van der Waals surface area contributed by atoms with Crippen LogP contribution in [0, 0.1) is 17.3 Å². The maximum Gasteiger partial charge on any atom is 0.417 e. The van der Waals surface area contributed by atoms with Crippen molar-refractivity contribution in [3.63, 3.8) is 0 Å². The summed E-state index contributed by atoms with van der Waals surface area (Å²) in [4.78, 5) is 3.41. The van der Waals surface area contributed by atoms with Gasteiger partial charge in [0.25, 0.3) is 0 Å². The smallest absolute Gasteiger partial charge is 0.227 e. The third-order valence-corrected chi connectivity index (χ3v) is 2.72. The lowest BCUT2D eigenvalue weighted by Crippen LogP contribution is -2.07. The molecular weight excluding hydrogens is 272 g/mol. The molecule has 2 aromatic rings. The molecule has 0 amide bonds. The number of pyridine rings is 1. The number of nitriles is 1. The molecule has 0 aliphatic carbocycles. The molecule has 20 heavy (non-hydrogen) atoms. The van der Waals surface area contributed by atoms with Crippen molar-refractivity contribution in [2.24, 2.45) is 0 Å². The van der Waals surface area contributed by atoms with Crippen molar-refractivity contribution < 1.29 is 17.6 Å². The number of benzene rings is 1. The number of alkyl halides is 3. The van der Waals surface area contributed by atoms with E-state index in [4.69, 9.17) is 5.26 Å². The van der Waals surface area contributed by atoms with Crippen LogP contribution in [0.5, 0.6) is 0 Å². The van der Waals surface area contributed by atoms with E-state index in [-0.39, 0.29) is 23.1 Å². The van der Waals surface area contributed by atoms with Gasteiger partial charge in [-0.3, -0.25) is 0 Å². The maximum atomic E-state index is 13.3. The quantitative estimate of drug-likeness (QED) is 0.616. The number of nitrogens with zero attached hydrogens (tertiary/aromatic N) is 2. The highest BCUT2D eigenvalue weighted by Crippen LogP contribution is 2.36. The van der Waals surface area contributed by atoms with Crippen LogP contribution >= 0.6 is 0 Å². The Morgan fingerprint density at radius 1 is 1.20 bits per heavy atom. The average molecular weight is 280 g/mol. The summed E-state index contributed by atoms with van der Waals surface area (Å²) in [6.07, 6.45) is -3.73. The van der Waals surface area contributed by atoms with Crippen LogP contribution in [0.15, 0.2) is 36.5 Å². The minimum absolute atomic E-state index is 0.0259. The van der Waals surface area contributed by atoms with Crippen LogP contribution in [-0.4, -0.2) is 4.98 Å². The largest absolute Gasteiger partial charge is 0.417 e. The molecule has 0 radical (unpaired) electrons. The standard InChI is InChI=1S/C14H8F4N2/c15-13-9(5-6-19)7-10(8-20-13)11-3-1-2-4-12(11)14(16,17)18/h1-4,7-8H,5H2. The van der Waals surface area contributed by atoms with Gasteiger partial charge in [0.1, 0.15) is 0 Å². The summed E-state index contributed by atoms with van der Waals surface area (Å²) in [7, 11) is 0. The number of hydrogen-bond donors (Lipinski definition) is 0. The van der Waals surface area contributed by atoms with Crippen molar-refractivity contribution in [3.8, 4) is 17.2 Å². The van der Waals surface area contributed by atoms with Gasteiger partial charge in [0, 0.05) is 17.3 Å². The molecule has 0 saturated carbocycles. The lowest BCUT2D eigenvalue weighted by Gasteiger charge is -2.13. The normalized spacial score (nSPS) is 11.2. The first-order valence-corrected chi connectivity index (χ1v) is 5.61. The van der Waals surface area contributed by atoms with Gasteiger partial charge in [0.2, 0.25) is 5.95 Å². The fourth-order valence-corrected chi connectivity index (χ4v) is 1.83. The zero-order valence-corrected chi connectivity index (χ0v) is 10.1. The van der Waals surface area contributed by atoms with E-state index in [0.717, 1.165) is 12.3 Å². The molecule has 1 aromatic heterocycles. The van der Waals surface area contributed by atoms with E-state index in [2.05, 4.69) is 4.98 Å². The minimum Gasteiger partial charge on any atom is -0.227 e. The maximum absolute atomic E-state index is 13.3. The van der Waals surface area contributed by atoms with E-state index in [9.17, 15) is 17.6 Å². The zero-order valence-electron chi connectivity index (χ0n) is 10.1. The van der Waals surface area contributed by atoms with Crippen molar-refractivity contribution in [2.45, 2.75) is 12.6 Å². The molecule has 0 fully saturated rings. The predicted molar refractivity (Wildman–Crippen MR) is 64.0 cm³/mol. The average Bonchev–Trinajstić information content (AvgIpc) is 2.41. The van der Waals surface area contributed by atoms with E-state index in [0.29, 0.717) is 0 Å². The van der Waals surface area contributed by atoms with Gasteiger partial charge in [-0.25, -0.2) is 4.98 Å². The van der Waals surface area contributed by atoms with Gasteiger partial charge in [-0.05, 0) is 17.7 Å². The summed E-state index contributed by atoms with van der Waals surface area (Å²) in [5, 5.41) is 8.56. The van der Waals surface area contributed by atoms with E-state index < -0.39 is 17.7 Å². The van der Waals surface area contributed by atoms with Gasteiger partial charge in [0.05, 0.1) is 18.1 Å². The molecule has 0 atom stereocenters. The molecule has 2 rings (SSSR count). The van der Waals surface area contributed by atoms with Crippen LogP contribution in [0.25, 0.3) is 11.1 Å². The summed E-state index contributed by atoms with van der Waals surface area (Å²) >= 11 is 0. The molecular formula is C14H8F4N2. The number of halogens is 4. The molecule has 0 spiro atoms. The fraction of sp³-hybridized carbons (Fsp3) is 0.143. The Hall–Kier alpha value is -2.42. The monoisotopic (exact) mass is 280 g/mol. The minimum atomic E-state index is -4.51. The second-order valence-corrected chi connectivity index (χ2v) is 4.05. The highest BCUT2D eigenvalue weighted by molar-refractivity contribution is 5.67. The summed E-state index contributed by atoms with van der Waals surface area (Å²) in [6.45, 7) is 0.